The number of carbonyl (C=O) groups excluding carboxylic acids is 1. The van der Waals surface area contributed by atoms with Gasteiger partial charge in [0, 0.05) is 17.0 Å². The third kappa shape index (κ3) is 4.52. The number of anilines is 1. The zero-order chi connectivity index (χ0) is 21.8. The third-order valence-corrected chi connectivity index (χ3v) is 5.76. The second kappa shape index (κ2) is 9.41. The fourth-order valence-electron chi connectivity index (χ4n) is 3.90. The molecule has 0 aliphatic carbocycles. The van der Waals surface area contributed by atoms with E-state index in [0.717, 1.165) is 37.3 Å². The predicted octanol–water partition coefficient (Wildman–Crippen LogP) is 4.26. The van der Waals surface area contributed by atoms with E-state index in [-0.39, 0.29) is 11.8 Å². The van der Waals surface area contributed by atoms with Crippen molar-refractivity contribution in [2.75, 3.05) is 32.6 Å². The molecule has 0 atom stereocenters. The van der Waals surface area contributed by atoms with Crippen LogP contribution in [-0.4, -0.2) is 43.0 Å². The summed E-state index contributed by atoms with van der Waals surface area (Å²) in [5.41, 5.74) is 2.91. The van der Waals surface area contributed by atoms with Crippen LogP contribution in [0, 0.1) is 0 Å². The van der Waals surface area contributed by atoms with E-state index in [1.54, 1.807) is 38.6 Å². The van der Waals surface area contributed by atoms with Gasteiger partial charge in [-0.05, 0) is 62.3 Å². The highest BCUT2D eigenvalue weighted by molar-refractivity contribution is 6.30. The Hall–Kier alpha value is -3.03. The van der Waals surface area contributed by atoms with Gasteiger partial charge in [-0.15, -0.1) is 0 Å². The lowest BCUT2D eigenvalue weighted by atomic mass is 9.91. The molecular weight excluding hydrogens is 416 g/mol. The Morgan fingerprint density at radius 3 is 2.55 bits per heavy atom. The average molecular weight is 441 g/mol. The Morgan fingerprint density at radius 2 is 1.87 bits per heavy atom. The SMILES string of the molecule is COc1ccc(NC(=O)c2cnn(-c3ccc(Cl)cc3)c2C2CCNCC2)c(OC)c1. The number of methoxy groups -OCH3 is 2. The van der Waals surface area contributed by atoms with Crippen molar-refractivity contribution in [1.29, 1.82) is 0 Å². The van der Waals surface area contributed by atoms with Gasteiger partial charge in [0.15, 0.2) is 0 Å². The van der Waals surface area contributed by atoms with Crippen molar-refractivity contribution in [3.63, 3.8) is 0 Å². The highest BCUT2D eigenvalue weighted by atomic mass is 35.5. The molecule has 162 valence electrons. The molecule has 1 aliphatic rings. The molecule has 2 aromatic carbocycles. The zero-order valence-corrected chi connectivity index (χ0v) is 18.3. The summed E-state index contributed by atoms with van der Waals surface area (Å²) in [6.45, 7) is 1.81. The number of piperidine rings is 1. The summed E-state index contributed by atoms with van der Waals surface area (Å²) in [4.78, 5) is 13.3. The fourth-order valence-corrected chi connectivity index (χ4v) is 4.03. The van der Waals surface area contributed by atoms with Gasteiger partial charge in [0.25, 0.3) is 5.91 Å². The van der Waals surface area contributed by atoms with Crippen LogP contribution in [0.15, 0.2) is 48.7 Å². The number of nitrogens with zero attached hydrogens (tertiary/aromatic N) is 2. The van der Waals surface area contributed by atoms with Crippen LogP contribution >= 0.6 is 11.6 Å². The maximum absolute atomic E-state index is 13.3. The molecule has 2 heterocycles. The molecule has 1 aromatic heterocycles. The zero-order valence-electron chi connectivity index (χ0n) is 17.5. The smallest absolute Gasteiger partial charge is 0.259 e. The molecule has 1 saturated heterocycles. The first kappa shape index (κ1) is 21.2. The van der Waals surface area contributed by atoms with Gasteiger partial charge in [0.05, 0.1) is 43.0 Å². The fraction of sp³-hybridized carbons (Fsp3) is 0.304. The molecule has 2 N–H and O–H groups in total. The molecule has 3 aromatic rings. The number of halogens is 1. The second-order valence-corrected chi connectivity index (χ2v) is 7.81. The van der Waals surface area contributed by atoms with E-state index in [1.807, 2.05) is 28.9 Å². The van der Waals surface area contributed by atoms with Gasteiger partial charge in [-0.2, -0.15) is 5.10 Å². The maximum Gasteiger partial charge on any atom is 0.259 e. The van der Waals surface area contributed by atoms with Crippen LogP contribution in [0.3, 0.4) is 0 Å². The minimum Gasteiger partial charge on any atom is -0.497 e. The summed E-state index contributed by atoms with van der Waals surface area (Å²) >= 11 is 6.06. The molecular formula is C23H25ClN4O3. The number of ether oxygens (including phenoxy) is 2. The molecule has 0 radical (unpaired) electrons. The van der Waals surface area contributed by atoms with Crippen LogP contribution < -0.4 is 20.1 Å². The van der Waals surface area contributed by atoms with Crippen molar-refractivity contribution in [2.45, 2.75) is 18.8 Å². The maximum atomic E-state index is 13.3. The van der Waals surface area contributed by atoms with Crippen LogP contribution in [0.1, 0.15) is 34.8 Å². The molecule has 0 unspecified atom stereocenters. The normalized spacial score (nSPS) is 14.3. The minimum absolute atomic E-state index is 0.220. The molecule has 4 rings (SSSR count). The van der Waals surface area contributed by atoms with Crippen LogP contribution in [0.25, 0.3) is 5.69 Å². The number of rotatable bonds is 6. The lowest BCUT2D eigenvalue weighted by Gasteiger charge is -2.24. The summed E-state index contributed by atoms with van der Waals surface area (Å²) in [6.07, 6.45) is 3.51. The first-order valence-electron chi connectivity index (χ1n) is 10.2. The van der Waals surface area contributed by atoms with Crippen LogP contribution in [0.4, 0.5) is 5.69 Å². The number of hydrogen-bond acceptors (Lipinski definition) is 5. The van der Waals surface area contributed by atoms with Crippen molar-refractivity contribution in [2.24, 2.45) is 0 Å². The average Bonchev–Trinajstić information content (AvgIpc) is 3.25. The van der Waals surface area contributed by atoms with E-state index in [9.17, 15) is 4.79 Å². The molecule has 1 aliphatic heterocycles. The van der Waals surface area contributed by atoms with E-state index in [4.69, 9.17) is 21.1 Å². The Kier molecular flexibility index (Phi) is 6.44. The predicted molar refractivity (Wildman–Crippen MR) is 121 cm³/mol. The Morgan fingerprint density at radius 1 is 1.13 bits per heavy atom. The van der Waals surface area contributed by atoms with Crippen molar-refractivity contribution >= 4 is 23.2 Å². The summed E-state index contributed by atoms with van der Waals surface area (Å²) in [7, 11) is 3.15. The number of carbonyl (C=O) groups is 1. The Balaban J connectivity index is 1.70. The number of aromatic nitrogens is 2. The minimum atomic E-state index is -0.225. The van der Waals surface area contributed by atoms with Gasteiger partial charge in [-0.1, -0.05) is 11.6 Å². The van der Waals surface area contributed by atoms with Crippen LogP contribution in [-0.2, 0) is 0 Å². The van der Waals surface area contributed by atoms with E-state index < -0.39 is 0 Å². The standard InChI is InChI=1S/C23H25ClN4O3/c1-30-18-7-8-20(21(13-18)31-2)27-23(29)19-14-26-28(17-5-3-16(24)4-6-17)22(19)15-9-11-25-12-10-15/h3-8,13-15,25H,9-12H2,1-2H3,(H,27,29). The van der Waals surface area contributed by atoms with Gasteiger partial charge in [0.1, 0.15) is 11.5 Å². The lowest BCUT2D eigenvalue weighted by molar-refractivity contribution is 0.102. The highest BCUT2D eigenvalue weighted by Crippen LogP contribution is 2.33. The monoisotopic (exact) mass is 440 g/mol. The first-order valence-corrected chi connectivity index (χ1v) is 10.6. The topological polar surface area (TPSA) is 77.4 Å². The molecule has 7 nitrogen and oxygen atoms in total. The molecule has 8 heteroatoms. The molecule has 0 saturated carbocycles. The Labute approximate surface area is 186 Å². The molecule has 1 fully saturated rings. The van der Waals surface area contributed by atoms with Crippen molar-refractivity contribution < 1.29 is 14.3 Å². The lowest BCUT2D eigenvalue weighted by Crippen LogP contribution is -2.29. The summed E-state index contributed by atoms with van der Waals surface area (Å²) in [5.74, 6) is 1.18. The van der Waals surface area contributed by atoms with Crippen molar-refractivity contribution in [1.82, 2.24) is 15.1 Å². The van der Waals surface area contributed by atoms with E-state index in [1.165, 1.54) is 0 Å². The molecule has 0 bridgehead atoms. The van der Waals surface area contributed by atoms with E-state index >= 15 is 0 Å². The van der Waals surface area contributed by atoms with Crippen molar-refractivity contribution in [3.8, 4) is 17.2 Å². The molecule has 1 amide bonds. The summed E-state index contributed by atoms with van der Waals surface area (Å²) in [5, 5.41) is 11.6. The number of nitrogens with one attached hydrogen (secondary N) is 2. The number of benzene rings is 2. The molecule has 0 spiro atoms. The van der Waals surface area contributed by atoms with E-state index in [0.29, 0.717) is 27.8 Å². The summed E-state index contributed by atoms with van der Waals surface area (Å²) in [6, 6.07) is 12.8. The first-order chi connectivity index (χ1) is 15.1. The highest BCUT2D eigenvalue weighted by Gasteiger charge is 2.27. The van der Waals surface area contributed by atoms with Crippen LogP contribution in [0.2, 0.25) is 5.02 Å². The third-order valence-electron chi connectivity index (χ3n) is 5.51. The second-order valence-electron chi connectivity index (χ2n) is 7.38. The molecule has 31 heavy (non-hydrogen) atoms. The van der Waals surface area contributed by atoms with E-state index in [2.05, 4.69) is 15.7 Å². The number of amides is 1. The van der Waals surface area contributed by atoms with Gasteiger partial charge in [-0.25, -0.2) is 4.68 Å². The van der Waals surface area contributed by atoms with Crippen LogP contribution in [0.5, 0.6) is 11.5 Å². The van der Waals surface area contributed by atoms with Gasteiger partial charge >= 0.3 is 0 Å². The largest absolute Gasteiger partial charge is 0.497 e. The van der Waals surface area contributed by atoms with Gasteiger partial charge < -0.3 is 20.1 Å². The van der Waals surface area contributed by atoms with Gasteiger partial charge in [-0.3, -0.25) is 4.79 Å². The van der Waals surface area contributed by atoms with Crippen molar-refractivity contribution in [3.05, 3.63) is 64.9 Å². The van der Waals surface area contributed by atoms with Gasteiger partial charge in [0.2, 0.25) is 0 Å². The summed E-state index contributed by atoms with van der Waals surface area (Å²) < 4.78 is 12.5. The number of hydrogen-bond donors (Lipinski definition) is 2. The quantitative estimate of drug-likeness (QED) is 0.598. The Bertz CT molecular complexity index is 1060.